The average Bonchev–Trinajstić information content (AvgIpc) is 2.77. The van der Waals surface area contributed by atoms with Crippen molar-refractivity contribution < 1.29 is 4.79 Å². The van der Waals surface area contributed by atoms with E-state index in [1.165, 1.54) is 19.0 Å². The second-order valence-electron chi connectivity index (χ2n) is 3.91. The van der Waals surface area contributed by atoms with Gasteiger partial charge in [0.05, 0.1) is 11.2 Å². The second-order valence-corrected chi connectivity index (χ2v) is 4.34. The number of hydrogen-bond donors (Lipinski definition) is 1. The van der Waals surface area contributed by atoms with Gasteiger partial charge in [-0.05, 0) is 12.8 Å². The first-order chi connectivity index (χ1) is 7.24. The van der Waals surface area contributed by atoms with Gasteiger partial charge in [-0.25, -0.2) is 0 Å². The minimum absolute atomic E-state index is 0.0154. The van der Waals surface area contributed by atoms with Crippen LogP contribution in [-0.2, 0) is 11.3 Å². The Morgan fingerprint density at radius 3 is 2.93 bits per heavy atom. The SMILES string of the molecule is O=C(Cn1cc(Cl)cn1)NC1CCCC1. The Bertz CT molecular complexity index is 344. The van der Waals surface area contributed by atoms with Gasteiger partial charge in [0.1, 0.15) is 6.54 Å². The Kier molecular flexibility index (Phi) is 3.26. The van der Waals surface area contributed by atoms with Gasteiger partial charge in [-0.15, -0.1) is 0 Å². The quantitative estimate of drug-likeness (QED) is 0.853. The van der Waals surface area contributed by atoms with Crippen LogP contribution in [0.1, 0.15) is 25.7 Å². The lowest BCUT2D eigenvalue weighted by molar-refractivity contribution is -0.122. The zero-order valence-corrected chi connectivity index (χ0v) is 9.20. The standard InChI is InChI=1S/C10H14ClN3O/c11-8-5-12-14(6-8)7-10(15)13-9-3-1-2-4-9/h5-6,9H,1-4,7H2,(H,13,15). The molecule has 0 radical (unpaired) electrons. The molecule has 1 saturated carbocycles. The molecule has 5 heteroatoms. The van der Waals surface area contributed by atoms with Crippen molar-refractivity contribution in [2.45, 2.75) is 38.3 Å². The lowest BCUT2D eigenvalue weighted by atomic mass is 10.2. The molecular weight excluding hydrogens is 214 g/mol. The number of carbonyl (C=O) groups excluding carboxylic acids is 1. The molecule has 0 saturated heterocycles. The molecule has 1 N–H and O–H groups in total. The topological polar surface area (TPSA) is 46.9 Å². The molecule has 0 spiro atoms. The summed E-state index contributed by atoms with van der Waals surface area (Å²) < 4.78 is 1.55. The number of nitrogens with one attached hydrogen (secondary N) is 1. The third-order valence-electron chi connectivity index (χ3n) is 2.63. The molecule has 2 rings (SSSR count). The maximum absolute atomic E-state index is 11.6. The van der Waals surface area contributed by atoms with E-state index < -0.39 is 0 Å². The molecule has 1 aliphatic carbocycles. The van der Waals surface area contributed by atoms with Crippen molar-refractivity contribution in [3.8, 4) is 0 Å². The van der Waals surface area contributed by atoms with E-state index in [9.17, 15) is 4.79 Å². The van der Waals surface area contributed by atoms with Crippen molar-refractivity contribution in [1.82, 2.24) is 15.1 Å². The zero-order valence-electron chi connectivity index (χ0n) is 8.45. The van der Waals surface area contributed by atoms with Crippen LogP contribution >= 0.6 is 11.6 Å². The summed E-state index contributed by atoms with van der Waals surface area (Å²) in [6, 6.07) is 0.364. The highest BCUT2D eigenvalue weighted by Gasteiger charge is 2.17. The normalized spacial score (nSPS) is 16.9. The fourth-order valence-corrected chi connectivity index (χ4v) is 2.07. The Labute approximate surface area is 93.6 Å². The lowest BCUT2D eigenvalue weighted by Gasteiger charge is -2.11. The van der Waals surface area contributed by atoms with E-state index in [1.807, 2.05) is 0 Å². The molecule has 1 aromatic rings. The Morgan fingerprint density at radius 2 is 2.33 bits per heavy atom. The van der Waals surface area contributed by atoms with Gasteiger partial charge in [-0.2, -0.15) is 5.10 Å². The average molecular weight is 228 g/mol. The largest absolute Gasteiger partial charge is 0.352 e. The van der Waals surface area contributed by atoms with Crippen LogP contribution in [0.4, 0.5) is 0 Å². The first-order valence-electron chi connectivity index (χ1n) is 5.21. The molecule has 15 heavy (non-hydrogen) atoms. The monoisotopic (exact) mass is 227 g/mol. The molecule has 1 amide bonds. The van der Waals surface area contributed by atoms with Crippen molar-refractivity contribution in [2.24, 2.45) is 0 Å². The fraction of sp³-hybridized carbons (Fsp3) is 0.600. The lowest BCUT2D eigenvalue weighted by Crippen LogP contribution is -2.35. The van der Waals surface area contributed by atoms with Gasteiger partial charge in [0, 0.05) is 12.2 Å². The number of halogens is 1. The molecule has 1 fully saturated rings. The van der Waals surface area contributed by atoms with Gasteiger partial charge < -0.3 is 5.32 Å². The zero-order chi connectivity index (χ0) is 10.7. The van der Waals surface area contributed by atoms with E-state index in [4.69, 9.17) is 11.6 Å². The summed E-state index contributed by atoms with van der Waals surface area (Å²) in [6.07, 6.45) is 7.83. The van der Waals surface area contributed by atoms with Crippen molar-refractivity contribution >= 4 is 17.5 Å². The van der Waals surface area contributed by atoms with E-state index in [1.54, 1.807) is 10.9 Å². The Morgan fingerprint density at radius 1 is 1.60 bits per heavy atom. The van der Waals surface area contributed by atoms with Crippen molar-refractivity contribution in [3.63, 3.8) is 0 Å². The minimum atomic E-state index is 0.0154. The first-order valence-corrected chi connectivity index (χ1v) is 5.59. The van der Waals surface area contributed by atoms with Crippen LogP contribution in [0.2, 0.25) is 5.02 Å². The van der Waals surface area contributed by atoms with Crippen LogP contribution < -0.4 is 5.32 Å². The number of hydrogen-bond acceptors (Lipinski definition) is 2. The van der Waals surface area contributed by atoms with Gasteiger partial charge >= 0.3 is 0 Å². The highest BCUT2D eigenvalue weighted by atomic mass is 35.5. The summed E-state index contributed by atoms with van der Waals surface area (Å²) in [6.45, 7) is 0.253. The van der Waals surface area contributed by atoms with E-state index in [-0.39, 0.29) is 12.5 Å². The number of rotatable bonds is 3. The highest BCUT2D eigenvalue weighted by molar-refractivity contribution is 6.30. The van der Waals surface area contributed by atoms with Crippen LogP contribution in [0.25, 0.3) is 0 Å². The molecule has 0 bridgehead atoms. The van der Waals surface area contributed by atoms with Gasteiger partial charge in [-0.3, -0.25) is 9.48 Å². The predicted octanol–water partition coefficient (Wildman–Crippen LogP) is 1.60. The number of nitrogens with zero attached hydrogens (tertiary/aromatic N) is 2. The highest BCUT2D eigenvalue weighted by Crippen LogP contribution is 2.17. The summed E-state index contributed by atoms with van der Waals surface area (Å²) in [5, 5.41) is 7.51. The molecular formula is C10H14ClN3O. The van der Waals surface area contributed by atoms with Crippen LogP contribution in [-0.4, -0.2) is 21.7 Å². The summed E-state index contributed by atoms with van der Waals surface area (Å²) in [4.78, 5) is 11.6. The van der Waals surface area contributed by atoms with Gasteiger partial charge in [-0.1, -0.05) is 24.4 Å². The van der Waals surface area contributed by atoms with Gasteiger partial charge in [0.2, 0.25) is 5.91 Å². The molecule has 0 atom stereocenters. The van der Waals surface area contributed by atoms with E-state index >= 15 is 0 Å². The van der Waals surface area contributed by atoms with E-state index in [0.29, 0.717) is 11.1 Å². The molecule has 1 aliphatic rings. The van der Waals surface area contributed by atoms with Crippen LogP contribution in [0.15, 0.2) is 12.4 Å². The molecule has 1 heterocycles. The molecule has 0 aliphatic heterocycles. The van der Waals surface area contributed by atoms with Crippen molar-refractivity contribution in [1.29, 1.82) is 0 Å². The third-order valence-corrected chi connectivity index (χ3v) is 2.82. The summed E-state index contributed by atoms with van der Waals surface area (Å²) >= 11 is 5.70. The summed E-state index contributed by atoms with van der Waals surface area (Å²) in [7, 11) is 0. The molecule has 0 unspecified atom stereocenters. The summed E-state index contributed by atoms with van der Waals surface area (Å²) in [5.41, 5.74) is 0. The second kappa shape index (κ2) is 4.66. The molecule has 4 nitrogen and oxygen atoms in total. The van der Waals surface area contributed by atoms with Crippen LogP contribution in [0.5, 0.6) is 0 Å². The fourth-order valence-electron chi connectivity index (χ4n) is 1.92. The van der Waals surface area contributed by atoms with Crippen molar-refractivity contribution in [3.05, 3.63) is 17.4 Å². The molecule has 82 valence electrons. The first kappa shape index (κ1) is 10.5. The van der Waals surface area contributed by atoms with Gasteiger partial charge in [0.15, 0.2) is 0 Å². The maximum Gasteiger partial charge on any atom is 0.241 e. The molecule has 1 aromatic heterocycles. The maximum atomic E-state index is 11.6. The number of aromatic nitrogens is 2. The van der Waals surface area contributed by atoms with E-state index in [0.717, 1.165) is 12.8 Å². The number of amides is 1. The van der Waals surface area contributed by atoms with Crippen LogP contribution in [0, 0.1) is 0 Å². The van der Waals surface area contributed by atoms with Gasteiger partial charge in [0.25, 0.3) is 0 Å². The predicted molar refractivity (Wildman–Crippen MR) is 57.6 cm³/mol. The van der Waals surface area contributed by atoms with Crippen molar-refractivity contribution in [2.75, 3.05) is 0 Å². The minimum Gasteiger partial charge on any atom is -0.352 e. The number of carbonyl (C=O) groups is 1. The molecule has 0 aromatic carbocycles. The Balaban J connectivity index is 1.81. The van der Waals surface area contributed by atoms with E-state index in [2.05, 4.69) is 10.4 Å². The van der Waals surface area contributed by atoms with Crippen LogP contribution in [0.3, 0.4) is 0 Å². The Hall–Kier alpha value is -1.03. The smallest absolute Gasteiger partial charge is 0.241 e. The third kappa shape index (κ3) is 2.96. The summed E-state index contributed by atoms with van der Waals surface area (Å²) in [5.74, 6) is 0.0154.